The molecule has 27 heavy (non-hydrogen) atoms. The van der Waals surface area contributed by atoms with Gasteiger partial charge in [-0.15, -0.1) is 0 Å². The number of nitrogens with zero attached hydrogens (tertiary/aromatic N) is 4. The van der Waals surface area contributed by atoms with E-state index < -0.39 is 0 Å². The molecule has 0 fully saturated rings. The van der Waals surface area contributed by atoms with E-state index in [0.29, 0.717) is 37.1 Å². The number of nitrogens with one attached hydrogen (secondary N) is 1. The normalized spacial score (nSPS) is 10.7. The topological polar surface area (TPSA) is 89.9 Å². The van der Waals surface area contributed by atoms with Crippen molar-refractivity contribution in [1.82, 2.24) is 19.9 Å². The molecule has 3 heterocycles. The number of methoxy groups -OCH3 is 1. The minimum atomic E-state index is -0.295. The van der Waals surface area contributed by atoms with Gasteiger partial charge >= 0.3 is 0 Å². The first-order valence-electron chi connectivity index (χ1n) is 7.83. The van der Waals surface area contributed by atoms with Crippen LogP contribution in [0.5, 0.6) is 5.75 Å². The summed E-state index contributed by atoms with van der Waals surface area (Å²) in [7, 11) is 1.59. The second kappa shape index (κ2) is 7.37. The number of amides is 1. The molecule has 7 nitrogen and oxygen atoms in total. The standard InChI is InChI=1S/C18H12BrN5O2S/c1-26-13-5-3-2-4-10(13)12-8-20-7-6-11(12)16(25)24-18-23-15-17(27-18)22-14(19)9-21-15/h2-9H,1H3,(H,21,23,24,25). The monoisotopic (exact) mass is 441 g/mol. The number of pyridine rings is 1. The van der Waals surface area contributed by atoms with Gasteiger partial charge < -0.3 is 4.74 Å². The molecule has 134 valence electrons. The maximum Gasteiger partial charge on any atom is 0.258 e. The van der Waals surface area contributed by atoms with E-state index >= 15 is 0 Å². The highest BCUT2D eigenvalue weighted by molar-refractivity contribution is 9.10. The Morgan fingerprint density at radius 2 is 2.00 bits per heavy atom. The van der Waals surface area contributed by atoms with Crippen LogP contribution in [0.25, 0.3) is 21.6 Å². The summed E-state index contributed by atoms with van der Waals surface area (Å²) in [5.41, 5.74) is 2.41. The van der Waals surface area contributed by atoms with Gasteiger partial charge in [0.1, 0.15) is 10.4 Å². The first-order chi connectivity index (χ1) is 13.2. The number of hydrogen-bond acceptors (Lipinski definition) is 7. The van der Waals surface area contributed by atoms with Gasteiger partial charge in [0, 0.05) is 23.5 Å². The van der Waals surface area contributed by atoms with E-state index in [9.17, 15) is 4.79 Å². The van der Waals surface area contributed by atoms with Crippen molar-refractivity contribution < 1.29 is 9.53 Å². The van der Waals surface area contributed by atoms with E-state index in [4.69, 9.17) is 4.74 Å². The summed E-state index contributed by atoms with van der Waals surface area (Å²) >= 11 is 4.53. The molecule has 0 bridgehead atoms. The molecule has 0 spiro atoms. The number of halogens is 1. The molecule has 0 aliphatic rings. The van der Waals surface area contributed by atoms with Crippen LogP contribution >= 0.6 is 27.3 Å². The third-order valence-electron chi connectivity index (χ3n) is 3.78. The predicted octanol–water partition coefficient (Wildman–Crippen LogP) is 4.17. The fraction of sp³-hybridized carbons (Fsp3) is 0.0556. The molecule has 4 aromatic rings. The number of thiazole rings is 1. The fourth-order valence-electron chi connectivity index (χ4n) is 2.59. The van der Waals surface area contributed by atoms with Crippen LogP contribution in [0.3, 0.4) is 0 Å². The molecule has 9 heteroatoms. The molecule has 0 saturated carbocycles. The Bertz CT molecular complexity index is 1150. The van der Waals surface area contributed by atoms with E-state index in [1.54, 1.807) is 31.8 Å². The zero-order chi connectivity index (χ0) is 18.8. The highest BCUT2D eigenvalue weighted by atomic mass is 79.9. The van der Waals surface area contributed by atoms with Crippen LogP contribution < -0.4 is 10.1 Å². The smallest absolute Gasteiger partial charge is 0.258 e. The number of carbonyl (C=O) groups is 1. The number of fused-ring (bicyclic) bond motifs is 1. The maximum atomic E-state index is 12.9. The molecule has 1 N–H and O–H groups in total. The van der Waals surface area contributed by atoms with Gasteiger partial charge in [0.15, 0.2) is 15.6 Å². The SMILES string of the molecule is COc1ccccc1-c1cnccc1C(=O)Nc1nc2ncc(Br)nc2s1. The number of ether oxygens (including phenoxy) is 1. The predicted molar refractivity (Wildman–Crippen MR) is 107 cm³/mol. The van der Waals surface area contributed by atoms with Gasteiger partial charge in [-0.3, -0.25) is 15.1 Å². The van der Waals surface area contributed by atoms with Gasteiger partial charge in [-0.1, -0.05) is 29.5 Å². The van der Waals surface area contributed by atoms with Crippen molar-refractivity contribution in [1.29, 1.82) is 0 Å². The molecule has 0 unspecified atom stereocenters. The number of para-hydroxylation sites is 1. The number of aromatic nitrogens is 4. The Kier molecular flexibility index (Phi) is 4.78. The average Bonchev–Trinajstić information content (AvgIpc) is 3.09. The molecule has 0 aliphatic heterocycles. The summed E-state index contributed by atoms with van der Waals surface area (Å²) in [5, 5.41) is 3.25. The number of hydrogen-bond donors (Lipinski definition) is 1. The molecule has 1 aromatic carbocycles. The van der Waals surface area contributed by atoms with Crippen molar-refractivity contribution in [2.24, 2.45) is 0 Å². The Morgan fingerprint density at radius 1 is 1.15 bits per heavy atom. The van der Waals surface area contributed by atoms with E-state index in [1.165, 1.54) is 11.3 Å². The van der Waals surface area contributed by atoms with Crippen molar-refractivity contribution in [3.63, 3.8) is 0 Å². The molecule has 0 atom stereocenters. The Labute approximate surface area is 166 Å². The third-order valence-corrected chi connectivity index (χ3v) is 5.01. The van der Waals surface area contributed by atoms with Crippen molar-refractivity contribution in [3.8, 4) is 16.9 Å². The number of anilines is 1. The first-order valence-corrected chi connectivity index (χ1v) is 9.44. The lowest BCUT2D eigenvalue weighted by atomic mass is 10.0. The zero-order valence-electron chi connectivity index (χ0n) is 14.0. The summed E-state index contributed by atoms with van der Waals surface area (Å²) in [5.74, 6) is 0.370. The van der Waals surface area contributed by atoms with Crippen molar-refractivity contribution >= 4 is 48.8 Å². The molecular formula is C18H12BrN5O2S. The van der Waals surface area contributed by atoms with E-state index in [0.717, 1.165) is 5.56 Å². The first kappa shape index (κ1) is 17.5. The highest BCUT2D eigenvalue weighted by Gasteiger charge is 2.17. The minimum absolute atomic E-state index is 0.295. The van der Waals surface area contributed by atoms with E-state index in [2.05, 4.69) is 41.2 Å². The number of carbonyl (C=O) groups excluding carboxylic acids is 1. The largest absolute Gasteiger partial charge is 0.496 e. The molecule has 1 amide bonds. The average molecular weight is 442 g/mol. The van der Waals surface area contributed by atoms with Crippen LogP contribution in [0.2, 0.25) is 0 Å². The number of rotatable bonds is 4. The summed E-state index contributed by atoms with van der Waals surface area (Å²) in [6, 6.07) is 9.15. The van der Waals surface area contributed by atoms with E-state index in [-0.39, 0.29) is 5.91 Å². The Hall–Kier alpha value is -2.91. The molecule has 0 aliphatic carbocycles. The van der Waals surface area contributed by atoms with Gasteiger partial charge in [0.05, 0.1) is 18.9 Å². The van der Waals surface area contributed by atoms with Gasteiger partial charge in [0.2, 0.25) is 0 Å². The quantitative estimate of drug-likeness (QED) is 0.510. The summed E-state index contributed by atoms with van der Waals surface area (Å²) in [6.45, 7) is 0. The fourth-order valence-corrected chi connectivity index (χ4v) is 3.78. The van der Waals surface area contributed by atoms with Crippen molar-refractivity contribution in [2.45, 2.75) is 0 Å². The van der Waals surface area contributed by atoms with Crippen molar-refractivity contribution in [2.75, 3.05) is 12.4 Å². The lowest BCUT2D eigenvalue weighted by Crippen LogP contribution is -2.13. The van der Waals surface area contributed by atoms with Crippen LogP contribution in [0.15, 0.2) is 53.5 Å². The summed E-state index contributed by atoms with van der Waals surface area (Å²) < 4.78 is 6.03. The van der Waals surface area contributed by atoms with Gasteiger partial charge in [-0.2, -0.15) is 4.98 Å². The summed E-state index contributed by atoms with van der Waals surface area (Å²) in [4.78, 5) is 30.5. The molecule has 0 saturated heterocycles. The van der Waals surface area contributed by atoms with Crippen LogP contribution in [0.1, 0.15) is 10.4 Å². The maximum absolute atomic E-state index is 12.9. The van der Waals surface area contributed by atoms with Crippen molar-refractivity contribution in [3.05, 3.63) is 59.1 Å². The number of benzene rings is 1. The Morgan fingerprint density at radius 3 is 2.85 bits per heavy atom. The van der Waals surface area contributed by atoms with Gasteiger partial charge in [-0.25, -0.2) is 9.97 Å². The molecule has 3 aromatic heterocycles. The summed E-state index contributed by atoms with van der Waals surface area (Å²) in [6.07, 6.45) is 4.79. The van der Waals surface area contributed by atoms with Crippen LogP contribution in [-0.4, -0.2) is 33.0 Å². The minimum Gasteiger partial charge on any atom is -0.496 e. The molecule has 4 rings (SSSR count). The van der Waals surface area contributed by atoms with Crippen LogP contribution in [-0.2, 0) is 0 Å². The Balaban J connectivity index is 1.70. The van der Waals surface area contributed by atoms with Crippen LogP contribution in [0.4, 0.5) is 5.13 Å². The van der Waals surface area contributed by atoms with Gasteiger partial charge in [-0.05, 0) is 28.1 Å². The second-order valence-corrected chi connectivity index (χ2v) is 7.21. The zero-order valence-corrected chi connectivity index (χ0v) is 16.4. The molecule has 0 radical (unpaired) electrons. The third kappa shape index (κ3) is 3.51. The van der Waals surface area contributed by atoms with E-state index in [1.807, 2.05) is 24.3 Å². The highest BCUT2D eigenvalue weighted by Crippen LogP contribution is 2.32. The van der Waals surface area contributed by atoms with Crippen LogP contribution in [0, 0.1) is 0 Å². The van der Waals surface area contributed by atoms with Gasteiger partial charge in [0.25, 0.3) is 5.91 Å². The second-order valence-electron chi connectivity index (χ2n) is 5.42. The lowest BCUT2D eigenvalue weighted by Gasteiger charge is -2.11. The lowest BCUT2D eigenvalue weighted by molar-refractivity contribution is 0.102. The molecular weight excluding hydrogens is 430 g/mol.